The number of fused-ring (bicyclic) bond motifs is 1. The fourth-order valence-electron chi connectivity index (χ4n) is 2.50. The molecule has 3 rings (SSSR count). The second kappa shape index (κ2) is 5.40. The summed E-state index contributed by atoms with van der Waals surface area (Å²) < 4.78 is 38.4. The Morgan fingerprint density at radius 1 is 1.10 bits per heavy atom. The van der Waals surface area contributed by atoms with Gasteiger partial charge in [0.15, 0.2) is 0 Å². The van der Waals surface area contributed by atoms with Gasteiger partial charge in [-0.05, 0) is 23.6 Å². The minimum Gasteiger partial charge on any atom is -0.399 e. The molecule has 0 bridgehead atoms. The van der Waals surface area contributed by atoms with Gasteiger partial charge in [-0.25, -0.2) is 8.42 Å². The number of hydrogen-bond acceptors (Lipinski definition) is 4. The summed E-state index contributed by atoms with van der Waals surface area (Å²) in [7, 11) is -4.47. The molecule has 1 aliphatic heterocycles. The van der Waals surface area contributed by atoms with Crippen LogP contribution in [0.2, 0.25) is 0 Å². The van der Waals surface area contributed by atoms with Crippen LogP contribution >= 0.6 is 0 Å². The third kappa shape index (κ3) is 2.68. The van der Waals surface area contributed by atoms with Crippen molar-refractivity contribution in [3.05, 3.63) is 36.4 Å². The van der Waals surface area contributed by atoms with Crippen molar-refractivity contribution in [3.63, 3.8) is 0 Å². The van der Waals surface area contributed by atoms with E-state index in [0.717, 1.165) is 5.39 Å². The highest BCUT2D eigenvalue weighted by atomic mass is 32.2. The molecule has 0 aromatic heterocycles. The molecule has 5 nitrogen and oxygen atoms in total. The van der Waals surface area contributed by atoms with Crippen LogP contribution in [0.3, 0.4) is 0 Å². The molecule has 0 saturated carbocycles. The zero-order valence-corrected chi connectivity index (χ0v) is 13.0. The number of nitrogen functional groups attached to an aromatic ring is 1. The average Bonchev–Trinajstić information content (AvgIpc) is 2.46. The van der Waals surface area contributed by atoms with E-state index in [0.29, 0.717) is 35.7 Å². The van der Waals surface area contributed by atoms with E-state index in [-0.39, 0.29) is 4.90 Å². The lowest BCUT2D eigenvalue weighted by Crippen LogP contribution is -2.41. The predicted molar refractivity (Wildman–Crippen MR) is 85.0 cm³/mol. The standard InChI is InChI=1S/C14H16N2O3S2/c15-12-4-5-13-11(10-12)2-1-3-14(13)21(18,19)16-6-8-20(17)9-7-16/h1-5,10H,6-9,15H2. The van der Waals surface area contributed by atoms with E-state index in [1.54, 1.807) is 30.3 Å². The topological polar surface area (TPSA) is 80.5 Å². The van der Waals surface area contributed by atoms with Gasteiger partial charge < -0.3 is 5.73 Å². The highest BCUT2D eigenvalue weighted by Crippen LogP contribution is 2.27. The molecule has 0 atom stereocenters. The van der Waals surface area contributed by atoms with E-state index in [2.05, 4.69) is 0 Å². The Kier molecular flexibility index (Phi) is 3.73. The van der Waals surface area contributed by atoms with Gasteiger partial charge in [-0.2, -0.15) is 4.31 Å². The summed E-state index contributed by atoms with van der Waals surface area (Å²) in [4.78, 5) is 0.285. The number of benzene rings is 2. The first-order valence-electron chi connectivity index (χ1n) is 6.62. The Morgan fingerprint density at radius 3 is 2.52 bits per heavy atom. The predicted octanol–water partition coefficient (Wildman–Crippen LogP) is 1.17. The molecule has 0 spiro atoms. The normalized spacial score (nSPS) is 18.1. The first-order chi connectivity index (χ1) is 9.98. The van der Waals surface area contributed by atoms with Crippen molar-refractivity contribution >= 4 is 37.3 Å². The van der Waals surface area contributed by atoms with Crippen LogP contribution in [0, 0.1) is 0 Å². The first kappa shape index (κ1) is 14.5. The molecule has 7 heteroatoms. The quantitative estimate of drug-likeness (QED) is 0.841. The van der Waals surface area contributed by atoms with Crippen LogP contribution in [0.5, 0.6) is 0 Å². The molecule has 21 heavy (non-hydrogen) atoms. The minimum absolute atomic E-state index is 0.285. The lowest BCUT2D eigenvalue weighted by Gasteiger charge is -2.26. The van der Waals surface area contributed by atoms with Crippen molar-refractivity contribution < 1.29 is 12.6 Å². The van der Waals surface area contributed by atoms with E-state index in [1.807, 2.05) is 6.07 Å². The van der Waals surface area contributed by atoms with Gasteiger partial charge in [0.25, 0.3) is 0 Å². The number of sulfonamides is 1. The summed E-state index contributed by atoms with van der Waals surface area (Å²) in [5.41, 5.74) is 6.35. The first-order valence-corrected chi connectivity index (χ1v) is 9.55. The fraction of sp³-hybridized carbons (Fsp3) is 0.286. The molecule has 2 aromatic carbocycles. The van der Waals surface area contributed by atoms with Crippen molar-refractivity contribution in [2.45, 2.75) is 4.90 Å². The summed E-state index contributed by atoms with van der Waals surface area (Å²) >= 11 is 0. The Hall–Kier alpha value is -1.44. The van der Waals surface area contributed by atoms with Crippen molar-refractivity contribution in [1.82, 2.24) is 4.31 Å². The SMILES string of the molecule is Nc1ccc2c(S(=O)(=O)N3CCS(=O)CC3)cccc2c1. The monoisotopic (exact) mass is 324 g/mol. The molecule has 2 aromatic rings. The maximum atomic E-state index is 12.8. The van der Waals surface area contributed by atoms with Gasteiger partial charge in [0.05, 0.1) is 4.90 Å². The van der Waals surface area contributed by atoms with E-state index in [1.165, 1.54) is 4.31 Å². The summed E-state index contributed by atoms with van der Waals surface area (Å²) in [5.74, 6) is 0.799. The molecule has 1 aliphatic rings. The van der Waals surface area contributed by atoms with Crippen LogP contribution in [-0.4, -0.2) is 41.5 Å². The van der Waals surface area contributed by atoms with E-state index >= 15 is 0 Å². The van der Waals surface area contributed by atoms with E-state index in [4.69, 9.17) is 5.73 Å². The molecule has 0 aliphatic carbocycles. The molecule has 112 valence electrons. The number of anilines is 1. The minimum atomic E-state index is -3.57. The van der Waals surface area contributed by atoms with Crippen LogP contribution in [0.25, 0.3) is 10.8 Å². The molecule has 2 N–H and O–H groups in total. The van der Waals surface area contributed by atoms with Crippen molar-refractivity contribution in [3.8, 4) is 0 Å². The Labute approximate surface area is 126 Å². The molecule has 0 amide bonds. The van der Waals surface area contributed by atoms with Gasteiger partial charge in [0.1, 0.15) is 0 Å². The maximum absolute atomic E-state index is 12.8. The summed E-state index contributed by atoms with van der Waals surface area (Å²) in [5, 5.41) is 1.47. The van der Waals surface area contributed by atoms with Gasteiger partial charge in [0, 0.05) is 46.5 Å². The number of rotatable bonds is 2. The van der Waals surface area contributed by atoms with Gasteiger partial charge in [0.2, 0.25) is 10.0 Å². The van der Waals surface area contributed by atoms with E-state index < -0.39 is 20.8 Å². The summed E-state index contributed by atoms with van der Waals surface area (Å²) in [6.07, 6.45) is 0. The van der Waals surface area contributed by atoms with Gasteiger partial charge in [-0.1, -0.05) is 18.2 Å². The highest BCUT2D eigenvalue weighted by molar-refractivity contribution is 7.89. The molecule has 1 saturated heterocycles. The molecule has 1 fully saturated rings. The number of nitrogens with zero attached hydrogens (tertiary/aromatic N) is 1. The molecule has 1 heterocycles. The van der Waals surface area contributed by atoms with Gasteiger partial charge >= 0.3 is 0 Å². The second-order valence-corrected chi connectivity index (χ2v) is 8.59. The molecular formula is C14H16N2O3S2. The number of hydrogen-bond donors (Lipinski definition) is 1. The lowest BCUT2D eigenvalue weighted by atomic mass is 10.1. The largest absolute Gasteiger partial charge is 0.399 e. The number of nitrogens with two attached hydrogens (primary N) is 1. The van der Waals surface area contributed by atoms with Crippen LogP contribution < -0.4 is 5.73 Å². The summed E-state index contributed by atoms with van der Waals surface area (Å²) in [6, 6.07) is 10.4. The maximum Gasteiger partial charge on any atom is 0.243 e. The van der Waals surface area contributed by atoms with Crippen molar-refractivity contribution in [2.75, 3.05) is 30.3 Å². The van der Waals surface area contributed by atoms with Gasteiger partial charge in [-0.15, -0.1) is 0 Å². The zero-order valence-electron chi connectivity index (χ0n) is 11.4. The average molecular weight is 324 g/mol. The van der Waals surface area contributed by atoms with Gasteiger partial charge in [-0.3, -0.25) is 4.21 Å². The van der Waals surface area contributed by atoms with Crippen LogP contribution in [-0.2, 0) is 20.8 Å². The zero-order chi connectivity index (χ0) is 15.0. The molecular weight excluding hydrogens is 308 g/mol. The fourth-order valence-corrected chi connectivity index (χ4v) is 5.44. The molecule has 0 radical (unpaired) electrons. The second-order valence-electron chi connectivity index (χ2n) is 4.99. The third-order valence-corrected chi connectivity index (χ3v) is 6.85. The van der Waals surface area contributed by atoms with Crippen molar-refractivity contribution in [1.29, 1.82) is 0 Å². The smallest absolute Gasteiger partial charge is 0.243 e. The van der Waals surface area contributed by atoms with E-state index in [9.17, 15) is 12.6 Å². The third-order valence-electron chi connectivity index (χ3n) is 3.62. The Morgan fingerprint density at radius 2 is 1.81 bits per heavy atom. The van der Waals surface area contributed by atoms with Crippen LogP contribution in [0.4, 0.5) is 5.69 Å². The molecule has 0 unspecified atom stereocenters. The Bertz CT molecular complexity index is 808. The van der Waals surface area contributed by atoms with Crippen molar-refractivity contribution in [2.24, 2.45) is 0 Å². The summed E-state index contributed by atoms with van der Waals surface area (Å²) in [6.45, 7) is 0.612. The van der Waals surface area contributed by atoms with Crippen LogP contribution in [0.1, 0.15) is 0 Å². The Balaban J connectivity index is 2.09. The highest BCUT2D eigenvalue weighted by Gasteiger charge is 2.29. The lowest BCUT2D eigenvalue weighted by molar-refractivity contribution is 0.439. The van der Waals surface area contributed by atoms with Crippen LogP contribution in [0.15, 0.2) is 41.3 Å².